The first-order valence-electron chi connectivity index (χ1n) is 12.3. The molecule has 3 aliphatic rings. The van der Waals surface area contributed by atoms with Crippen molar-refractivity contribution in [1.82, 2.24) is 4.90 Å². The number of likely N-dealkylation sites (tertiary alicyclic amines) is 1. The van der Waals surface area contributed by atoms with Crippen molar-refractivity contribution in [3.63, 3.8) is 0 Å². The summed E-state index contributed by atoms with van der Waals surface area (Å²) in [4.78, 5) is 42.2. The van der Waals surface area contributed by atoms with Gasteiger partial charge in [-0.2, -0.15) is 0 Å². The fourth-order valence-electron chi connectivity index (χ4n) is 6.18. The van der Waals surface area contributed by atoms with Crippen LogP contribution in [0.15, 0.2) is 18.2 Å². The topological polar surface area (TPSA) is 105 Å². The molecule has 1 aromatic carbocycles. The molecule has 0 aromatic heterocycles. The van der Waals surface area contributed by atoms with Gasteiger partial charge in [-0.05, 0) is 63.1 Å². The third-order valence-corrected chi connectivity index (χ3v) is 7.54. The maximum absolute atomic E-state index is 13.9. The zero-order valence-electron chi connectivity index (χ0n) is 20.7. The van der Waals surface area contributed by atoms with Crippen LogP contribution in [0, 0.1) is 31.6 Å². The first-order valence-corrected chi connectivity index (χ1v) is 12.3. The Bertz CT molecular complexity index is 978. The van der Waals surface area contributed by atoms with Gasteiger partial charge in [0, 0.05) is 5.69 Å². The molecule has 6 atom stereocenters. The first kappa shape index (κ1) is 24.7. The molecule has 2 unspecified atom stereocenters. The number of carbonyl (C=O) groups is 3. The van der Waals surface area contributed by atoms with Crippen molar-refractivity contribution in [2.75, 3.05) is 18.5 Å². The number of nitrogens with one attached hydrogen (secondary N) is 1. The van der Waals surface area contributed by atoms with Crippen molar-refractivity contribution in [3.8, 4) is 0 Å². The van der Waals surface area contributed by atoms with E-state index < -0.39 is 41.6 Å². The molecule has 0 radical (unpaired) electrons. The first-order chi connectivity index (χ1) is 16.1. The monoisotopic (exact) mass is 472 g/mol. The summed E-state index contributed by atoms with van der Waals surface area (Å²) >= 11 is 0. The van der Waals surface area contributed by atoms with E-state index in [4.69, 9.17) is 9.47 Å². The maximum Gasteiger partial charge on any atom is 0.312 e. The number of esters is 1. The van der Waals surface area contributed by atoms with Crippen LogP contribution in [0.1, 0.15) is 51.2 Å². The average molecular weight is 473 g/mol. The molecular weight excluding hydrogens is 436 g/mol. The summed E-state index contributed by atoms with van der Waals surface area (Å²) < 4.78 is 11.7. The number of ether oxygens (including phenoxy) is 2. The summed E-state index contributed by atoms with van der Waals surface area (Å²) in [6, 6.07) is 4.32. The molecule has 8 heteroatoms. The number of amides is 2. The number of hydrogen-bond donors (Lipinski definition) is 2. The lowest BCUT2D eigenvalue weighted by atomic mass is 9.70. The van der Waals surface area contributed by atoms with E-state index in [1.807, 2.05) is 45.9 Å². The second-order valence-corrected chi connectivity index (χ2v) is 10.3. The number of anilines is 1. The number of carbonyl (C=O) groups excluding carboxylic acids is 3. The number of hydrogen-bond acceptors (Lipinski definition) is 6. The average Bonchev–Trinajstić information content (AvgIpc) is 3.42. The molecule has 34 heavy (non-hydrogen) atoms. The van der Waals surface area contributed by atoms with Gasteiger partial charge in [0.05, 0.1) is 37.2 Å². The number of benzene rings is 1. The van der Waals surface area contributed by atoms with Crippen LogP contribution in [0.5, 0.6) is 0 Å². The van der Waals surface area contributed by atoms with Gasteiger partial charge in [-0.1, -0.05) is 26.0 Å². The van der Waals surface area contributed by atoms with Gasteiger partial charge in [0.25, 0.3) is 0 Å². The minimum atomic E-state index is -1.11. The smallest absolute Gasteiger partial charge is 0.312 e. The third kappa shape index (κ3) is 3.90. The van der Waals surface area contributed by atoms with E-state index in [-0.39, 0.29) is 30.9 Å². The highest BCUT2D eigenvalue weighted by molar-refractivity contribution is 6.03. The summed E-state index contributed by atoms with van der Waals surface area (Å²) in [5.74, 6) is -2.43. The van der Waals surface area contributed by atoms with Crippen LogP contribution in [-0.4, -0.2) is 64.8 Å². The van der Waals surface area contributed by atoms with Crippen LogP contribution < -0.4 is 5.32 Å². The largest absolute Gasteiger partial charge is 0.466 e. The zero-order chi connectivity index (χ0) is 24.8. The molecule has 8 nitrogen and oxygen atoms in total. The summed E-state index contributed by atoms with van der Waals surface area (Å²) in [6.45, 7) is 9.56. The van der Waals surface area contributed by atoms with Crippen molar-refractivity contribution in [1.29, 1.82) is 0 Å². The van der Waals surface area contributed by atoms with Crippen LogP contribution in [0.3, 0.4) is 0 Å². The molecule has 3 aliphatic heterocycles. The molecule has 1 spiro atoms. The summed E-state index contributed by atoms with van der Waals surface area (Å²) in [5.41, 5.74) is 1.48. The minimum Gasteiger partial charge on any atom is -0.466 e. The van der Waals surface area contributed by atoms with Gasteiger partial charge in [0.1, 0.15) is 11.6 Å². The van der Waals surface area contributed by atoms with Gasteiger partial charge >= 0.3 is 5.97 Å². The van der Waals surface area contributed by atoms with Gasteiger partial charge in [-0.15, -0.1) is 0 Å². The van der Waals surface area contributed by atoms with Crippen LogP contribution in [0.2, 0.25) is 0 Å². The molecule has 2 N–H and O–H groups in total. The molecule has 3 heterocycles. The molecular formula is C26H36N2O6. The fourth-order valence-corrected chi connectivity index (χ4v) is 6.18. The number of rotatable bonds is 8. The Morgan fingerprint density at radius 3 is 2.71 bits per heavy atom. The summed E-state index contributed by atoms with van der Waals surface area (Å²) in [6.07, 6.45) is 1.18. The van der Waals surface area contributed by atoms with E-state index >= 15 is 0 Å². The predicted molar refractivity (Wildman–Crippen MR) is 126 cm³/mol. The van der Waals surface area contributed by atoms with Crippen LogP contribution in [-0.2, 0) is 23.9 Å². The number of fused-ring (bicyclic) bond motifs is 1. The van der Waals surface area contributed by atoms with E-state index in [1.54, 1.807) is 6.92 Å². The van der Waals surface area contributed by atoms with Crippen molar-refractivity contribution in [2.24, 2.45) is 17.8 Å². The predicted octanol–water partition coefficient (Wildman–Crippen LogP) is 2.59. The number of aryl methyl sites for hydroxylation is 2. The van der Waals surface area contributed by atoms with E-state index in [0.717, 1.165) is 11.1 Å². The van der Waals surface area contributed by atoms with Crippen LogP contribution in [0.25, 0.3) is 0 Å². The number of aliphatic hydroxyl groups is 1. The van der Waals surface area contributed by atoms with Crippen molar-refractivity contribution in [3.05, 3.63) is 29.3 Å². The minimum absolute atomic E-state index is 0.198. The van der Waals surface area contributed by atoms with E-state index in [2.05, 4.69) is 5.32 Å². The Morgan fingerprint density at radius 2 is 2.06 bits per heavy atom. The Balaban J connectivity index is 1.76. The Hall–Kier alpha value is -2.45. The maximum atomic E-state index is 13.9. The SMILES string of the molecule is CCOC(=O)[C@@H]1[C@H]2C(=O)N([C@@H](CO)CC(C)C)C(C(=O)Nc3cc(C)ccc3C)C23CC[C@H]1O3. The fraction of sp³-hybridized carbons (Fsp3) is 0.654. The molecule has 3 fully saturated rings. The lowest BCUT2D eigenvalue weighted by Gasteiger charge is -2.37. The van der Waals surface area contributed by atoms with Crippen molar-refractivity contribution < 1.29 is 29.0 Å². The second-order valence-electron chi connectivity index (χ2n) is 10.3. The van der Waals surface area contributed by atoms with Crippen molar-refractivity contribution in [2.45, 2.75) is 77.7 Å². The van der Waals surface area contributed by atoms with Crippen LogP contribution >= 0.6 is 0 Å². The Morgan fingerprint density at radius 1 is 1.32 bits per heavy atom. The lowest BCUT2D eigenvalue weighted by Crippen LogP contribution is -2.56. The molecule has 0 saturated carbocycles. The van der Waals surface area contributed by atoms with Gasteiger partial charge in [0.15, 0.2) is 0 Å². The van der Waals surface area contributed by atoms with E-state index in [9.17, 15) is 19.5 Å². The molecule has 0 aliphatic carbocycles. The Labute approximate surface area is 201 Å². The van der Waals surface area contributed by atoms with Gasteiger partial charge in [-0.25, -0.2) is 0 Å². The van der Waals surface area contributed by atoms with E-state index in [1.165, 1.54) is 4.90 Å². The highest BCUT2D eigenvalue weighted by atomic mass is 16.6. The third-order valence-electron chi connectivity index (χ3n) is 7.54. The quantitative estimate of drug-likeness (QED) is 0.564. The second kappa shape index (κ2) is 9.30. The highest BCUT2D eigenvalue weighted by Crippen LogP contribution is 2.59. The molecule has 3 saturated heterocycles. The molecule has 2 amide bonds. The zero-order valence-corrected chi connectivity index (χ0v) is 20.7. The summed E-state index contributed by atoms with van der Waals surface area (Å²) in [7, 11) is 0. The lowest BCUT2D eigenvalue weighted by molar-refractivity contribution is -0.155. The molecule has 2 bridgehead atoms. The number of aliphatic hydroxyl groups excluding tert-OH is 1. The van der Waals surface area contributed by atoms with E-state index in [0.29, 0.717) is 24.9 Å². The van der Waals surface area contributed by atoms with Crippen LogP contribution in [0.4, 0.5) is 5.69 Å². The highest BCUT2D eigenvalue weighted by Gasteiger charge is 2.75. The van der Waals surface area contributed by atoms with Gasteiger partial charge < -0.3 is 24.8 Å². The number of nitrogens with zero attached hydrogens (tertiary/aromatic N) is 1. The van der Waals surface area contributed by atoms with Crippen molar-refractivity contribution >= 4 is 23.5 Å². The Kier molecular flexibility index (Phi) is 6.75. The molecule has 4 rings (SSSR count). The molecule has 186 valence electrons. The van der Waals surface area contributed by atoms with Gasteiger partial charge in [-0.3, -0.25) is 14.4 Å². The normalized spacial score (nSPS) is 30.6. The summed E-state index contributed by atoms with van der Waals surface area (Å²) in [5, 5.41) is 13.3. The molecule has 1 aromatic rings. The standard InChI is InChI=1S/C26H36N2O6/c1-6-33-25(32)20-19-9-10-26(34-19)21(20)24(31)28(17(13-29)11-14(2)3)22(26)23(30)27-18-12-15(4)7-8-16(18)5/h7-8,12,14,17,19-22,29H,6,9-11,13H2,1-5H3,(H,27,30)/t17-,19-,20+,21+,22?,26?/m1/s1. The van der Waals surface area contributed by atoms with Gasteiger partial charge in [0.2, 0.25) is 11.8 Å².